The van der Waals surface area contributed by atoms with Crippen LogP contribution in [0, 0.1) is 0 Å². The molecule has 0 saturated carbocycles. The lowest BCUT2D eigenvalue weighted by molar-refractivity contribution is 0.0661. The van der Waals surface area contributed by atoms with E-state index < -0.39 is 0 Å². The highest BCUT2D eigenvalue weighted by Crippen LogP contribution is 2.35. The van der Waals surface area contributed by atoms with Crippen LogP contribution < -0.4 is 10.5 Å². The SMILES string of the molecule is CN1[C@@H]2CC[C@H]1CC(Oc1cccc(CN)c1)C2. The van der Waals surface area contributed by atoms with Gasteiger partial charge in [0.15, 0.2) is 0 Å². The minimum absolute atomic E-state index is 0.381. The summed E-state index contributed by atoms with van der Waals surface area (Å²) in [6, 6.07) is 9.64. The van der Waals surface area contributed by atoms with Crippen molar-refractivity contribution in [3.05, 3.63) is 29.8 Å². The molecular formula is C15H22N2O. The van der Waals surface area contributed by atoms with E-state index in [9.17, 15) is 0 Å². The summed E-state index contributed by atoms with van der Waals surface area (Å²) in [5, 5.41) is 0. The van der Waals surface area contributed by atoms with Gasteiger partial charge >= 0.3 is 0 Å². The molecule has 3 nitrogen and oxygen atoms in total. The van der Waals surface area contributed by atoms with Gasteiger partial charge in [-0.2, -0.15) is 0 Å². The number of ether oxygens (including phenoxy) is 1. The molecule has 1 aromatic carbocycles. The van der Waals surface area contributed by atoms with Gasteiger partial charge in [0.05, 0.1) is 0 Å². The van der Waals surface area contributed by atoms with Crippen LogP contribution >= 0.6 is 0 Å². The molecule has 2 bridgehead atoms. The third-order valence-corrected chi connectivity index (χ3v) is 4.49. The Labute approximate surface area is 109 Å². The van der Waals surface area contributed by atoms with Crippen LogP contribution in [-0.4, -0.2) is 30.1 Å². The molecule has 3 rings (SSSR count). The fourth-order valence-electron chi connectivity index (χ4n) is 3.40. The van der Waals surface area contributed by atoms with Gasteiger partial charge in [0.1, 0.15) is 11.9 Å². The molecule has 0 spiro atoms. The Hall–Kier alpha value is -1.06. The number of fused-ring (bicyclic) bond motifs is 2. The summed E-state index contributed by atoms with van der Waals surface area (Å²) in [6.45, 7) is 0.579. The molecule has 98 valence electrons. The summed E-state index contributed by atoms with van der Waals surface area (Å²) in [5.41, 5.74) is 6.80. The van der Waals surface area contributed by atoms with Gasteiger partial charge in [-0.25, -0.2) is 0 Å². The number of piperidine rings is 1. The highest BCUT2D eigenvalue weighted by atomic mass is 16.5. The van der Waals surface area contributed by atoms with Crippen molar-refractivity contribution < 1.29 is 4.74 Å². The Morgan fingerprint density at radius 2 is 2.00 bits per heavy atom. The smallest absolute Gasteiger partial charge is 0.120 e. The summed E-state index contributed by atoms with van der Waals surface area (Å²) in [4.78, 5) is 2.54. The van der Waals surface area contributed by atoms with Gasteiger partial charge in [0.25, 0.3) is 0 Å². The van der Waals surface area contributed by atoms with Crippen molar-refractivity contribution in [2.75, 3.05) is 7.05 Å². The van der Waals surface area contributed by atoms with Gasteiger partial charge in [-0.1, -0.05) is 12.1 Å². The standard InChI is InChI=1S/C15H22N2O/c1-17-12-5-6-13(17)9-15(8-12)18-14-4-2-3-11(7-14)10-16/h2-4,7,12-13,15H,5-6,8-10,16H2,1H3/t12-,13+,15?. The number of rotatable bonds is 3. The van der Waals surface area contributed by atoms with Gasteiger partial charge in [0.2, 0.25) is 0 Å². The summed E-state index contributed by atoms with van der Waals surface area (Å²) >= 11 is 0. The van der Waals surface area contributed by atoms with Gasteiger partial charge < -0.3 is 15.4 Å². The van der Waals surface area contributed by atoms with E-state index in [0.29, 0.717) is 12.6 Å². The van der Waals surface area contributed by atoms with Crippen molar-refractivity contribution in [2.45, 2.75) is 50.4 Å². The first-order valence-electron chi connectivity index (χ1n) is 6.94. The third kappa shape index (κ3) is 2.25. The van der Waals surface area contributed by atoms with Crippen LogP contribution in [0.1, 0.15) is 31.2 Å². The average Bonchev–Trinajstić information content (AvgIpc) is 2.62. The van der Waals surface area contributed by atoms with Crippen LogP contribution in [0.5, 0.6) is 5.75 Å². The Bertz CT molecular complexity index is 407. The molecule has 0 amide bonds. The Kier molecular flexibility index (Phi) is 3.27. The fraction of sp³-hybridized carbons (Fsp3) is 0.600. The van der Waals surface area contributed by atoms with E-state index in [4.69, 9.17) is 10.5 Å². The van der Waals surface area contributed by atoms with Crippen molar-refractivity contribution in [1.29, 1.82) is 0 Å². The largest absolute Gasteiger partial charge is 0.490 e. The fourth-order valence-corrected chi connectivity index (χ4v) is 3.40. The van der Waals surface area contributed by atoms with Crippen molar-refractivity contribution in [3.8, 4) is 5.75 Å². The average molecular weight is 246 g/mol. The number of nitrogens with zero attached hydrogens (tertiary/aromatic N) is 1. The van der Waals surface area contributed by atoms with Crippen LogP contribution in [0.3, 0.4) is 0 Å². The van der Waals surface area contributed by atoms with Crippen LogP contribution in [0.2, 0.25) is 0 Å². The molecule has 2 N–H and O–H groups in total. The number of hydrogen-bond donors (Lipinski definition) is 1. The lowest BCUT2D eigenvalue weighted by Crippen LogP contribution is -2.43. The molecule has 2 heterocycles. The zero-order chi connectivity index (χ0) is 12.5. The van der Waals surface area contributed by atoms with Crippen molar-refractivity contribution >= 4 is 0 Å². The molecule has 1 unspecified atom stereocenters. The normalized spacial score (nSPS) is 31.6. The molecule has 2 aliphatic rings. The molecule has 3 atom stereocenters. The van der Waals surface area contributed by atoms with E-state index >= 15 is 0 Å². The first-order chi connectivity index (χ1) is 8.76. The maximum atomic E-state index is 6.14. The highest BCUT2D eigenvalue weighted by molar-refractivity contribution is 5.28. The number of nitrogens with two attached hydrogens (primary N) is 1. The second-order valence-corrected chi connectivity index (χ2v) is 5.61. The Morgan fingerprint density at radius 1 is 1.28 bits per heavy atom. The van der Waals surface area contributed by atoms with E-state index in [0.717, 1.165) is 23.4 Å². The minimum atomic E-state index is 0.381. The summed E-state index contributed by atoms with van der Waals surface area (Å²) in [7, 11) is 2.26. The topological polar surface area (TPSA) is 38.5 Å². The van der Waals surface area contributed by atoms with E-state index in [2.05, 4.69) is 18.0 Å². The van der Waals surface area contributed by atoms with Crippen LogP contribution in [0.4, 0.5) is 0 Å². The van der Waals surface area contributed by atoms with Gasteiger partial charge in [-0.3, -0.25) is 0 Å². The first-order valence-corrected chi connectivity index (χ1v) is 6.94. The number of benzene rings is 1. The molecule has 1 aromatic rings. The minimum Gasteiger partial charge on any atom is -0.490 e. The first kappa shape index (κ1) is 12.0. The quantitative estimate of drug-likeness (QED) is 0.888. The van der Waals surface area contributed by atoms with E-state index in [1.54, 1.807) is 0 Å². The molecule has 2 aliphatic heterocycles. The zero-order valence-electron chi connectivity index (χ0n) is 11.0. The van der Waals surface area contributed by atoms with Gasteiger partial charge in [-0.05, 0) is 50.4 Å². The Balaban J connectivity index is 1.66. The Morgan fingerprint density at radius 3 is 2.67 bits per heavy atom. The molecule has 2 fully saturated rings. The second kappa shape index (κ2) is 4.90. The zero-order valence-corrected chi connectivity index (χ0v) is 11.0. The lowest BCUT2D eigenvalue weighted by atomic mass is 10.0. The van der Waals surface area contributed by atoms with Crippen LogP contribution in [0.15, 0.2) is 24.3 Å². The number of hydrogen-bond acceptors (Lipinski definition) is 3. The van der Waals surface area contributed by atoms with Crippen molar-refractivity contribution in [3.63, 3.8) is 0 Å². The predicted octanol–water partition coefficient (Wildman–Crippen LogP) is 2.15. The summed E-state index contributed by atoms with van der Waals surface area (Å²) < 4.78 is 6.14. The molecule has 18 heavy (non-hydrogen) atoms. The summed E-state index contributed by atoms with van der Waals surface area (Å²) in [6.07, 6.45) is 5.39. The van der Waals surface area contributed by atoms with Crippen molar-refractivity contribution in [1.82, 2.24) is 4.90 Å². The molecule has 0 radical (unpaired) electrons. The molecule has 3 heteroatoms. The maximum Gasteiger partial charge on any atom is 0.120 e. The molecule has 0 aromatic heterocycles. The predicted molar refractivity (Wildman–Crippen MR) is 72.6 cm³/mol. The van der Waals surface area contributed by atoms with Gasteiger partial charge in [-0.15, -0.1) is 0 Å². The maximum absolute atomic E-state index is 6.14. The highest BCUT2D eigenvalue weighted by Gasteiger charge is 2.39. The summed E-state index contributed by atoms with van der Waals surface area (Å²) in [5.74, 6) is 0.979. The van der Waals surface area contributed by atoms with E-state index in [1.165, 1.54) is 25.7 Å². The van der Waals surface area contributed by atoms with E-state index in [1.807, 2.05) is 18.2 Å². The van der Waals surface area contributed by atoms with Crippen molar-refractivity contribution in [2.24, 2.45) is 5.73 Å². The third-order valence-electron chi connectivity index (χ3n) is 4.49. The molecule has 2 saturated heterocycles. The lowest BCUT2D eigenvalue weighted by Gasteiger charge is -2.36. The van der Waals surface area contributed by atoms with E-state index in [-0.39, 0.29) is 0 Å². The van der Waals surface area contributed by atoms with Crippen LogP contribution in [-0.2, 0) is 6.54 Å². The monoisotopic (exact) mass is 246 g/mol. The van der Waals surface area contributed by atoms with Crippen LogP contribution in [0.25, 0.3) is 0 Å². The van der Waals surface area contributed by atoms with Gasteiger partial charge in [0, 0.05) is 18.6 Å². The molecular weight excluding hydrogens is 224 g/mol. The second-order valence-electron chi connectivity index (χ2n) is 5.61. The molecule has 0 aliphatic carbocycles.